The third-order valence-electron chi connectivity index (χ3n) is 1.55. The molecule has 1 aromatic rings. The molecule has 0 aromatic carbocycles. The van der Waals surface area contributed by atoms with Crippen molar-refractivity contribution < 1.29 is 5.11 Å². The Morgan fingerprint density at radius 2 is 2.33 bits per heavy atom. The molecular weight excluding hydrogens is 172 g/mol. The Morgan fingerprint density at radius 1 is 1.67 bits per heavy atom. The monoisotopic (exact) mass is 182 g/mol. The van der Waals surface area contributed by atoms with E-state index in [1.807, 2.05) is 13.8 Å². The van der Waals surface area contributed by atoms with Crippen LogP contribution >= 0.6 is 12.2 Å². The minimum atomic E-state index is -0.133. The summed E-state index contributed by atoms with van der Waals surface area (Å²) in [5, 5.41) is 8.95. The highest BCUT2D eigenvalue weighted by atomic mass is 32.1. The van der Waals surface area contributed by atoms with Crippen molar-refractivity contribution in [3.8, 4) is 0 Å². The van der Waals surface area contributed by atoms with Gasteiger partial charge in [-0.1, -0.05) is 6.92 Å². The van der Waals surface area contributed by atoms with Crippen LogP contribution in [0.1, 0.15) is 24.0 Å². The Labute approximate surface area is 76.5 Å². The number of aromatic nitrogens is 2. The Hall–Kier alpha value is -1.03. The van der Waals surface area contributed by atoms with Gasteiger partial charge in [0.05, 0.1) is 11.3 Å². The van der Waals surface area contributed by atoms with E-state index in [0.717, 1.165) is 12.1 Å². The molecule has 1 heterocycles. The SMILES string of the molecule is CCc1nc(C)ncc1C(O)=S. The van der Waals surface area contributed by atoms with Gasteiger partial charge in [-0.3, -0.25) is 0 Å². The number of thiocarbonyl (C=S) groups is 1. The Balaban J connectivity index is 3.20. The summed E-state index contributed by atoms with van der Waals surface area (Å²) in [6.45, 7) is 3.77. The molecule has 0 radical (unpaired) electrons. The molecule has 0 atom stereocenters. The first-order valence-corrected chi connectivity index (χ1v) is 4.11. The molecule has 0 aliphatic rings. The molecule has 0 aliphatic heterocycles. The van der Waals surface area contributed by atoms with E-state index in [-0.39, 0.29) is 5.05 Å². The molecule has 64 valence electrons. The maximum absolute atomic E-state index is 9.08. The predicted molar refractivity (Wildman–Crippen MR) is 50.5 cm³/mol. The second-order valence-electron chi connectivity index (χ2n) is 2.44. The van der Waals surface area contributed by atoms with Crippen LogP contribution in [-0.4, -0.2) is 20.1 Å². The molecule has 0 fully saturated rings. The average Bonchev–Trinajstić information content (AvgIpc) is 2.03. The number of nitrogens with zero attached hydrogens (tertiary/aromatic N) is 2. The van der Waals surface area contributed by atoms with Crippen molar-refractivity contribution in [2.24, 2.45) is 0 Å². The van der Waals surface area contributed by atoms with Gasteiger partial charge in [-0.05, 0) is 25.6 Å². The molecule has 4 heteroatoms. The first-order valence-electron chi connectivity index (χ1n) is 3.71. The van der Waals surface area contributed by atoms with Crippen LogP contribution in [0.25, 0.3) is 0 Å². The summed E-state index contributed by atoms with van der Waals surface area (Å²) in [5.41, 5.74) is 1.37. The highest BCUT2D eigenvalue weighted by Gasteiger charge is 2.06. The minimum absolute atomic E-state index is 0.133. The summed E-state index contributed by atoms with van der Waals surface area (Å²) < 4.78 is 0. The molecule has 0 unspecified atom stereocenters. The third-order valence-corrected chi connectivity index (χ3v) is 1.77. The minimum Gasteiger partial charge on any atom is -0.498 e. The first kappa shape index (κ1) is 9.06. The molecule has 0 saturated heterocycles. The van der Waals surface area contributed by atoms with Gasteiger partial charge in [-0.25, -0.2) is 9.97 Å². The maximum Gasteiger partial charge on any atom is 0.192 e. The molecule has 1 aromatic heterocycles. The molecule has 12 heavy (non-hydrogen) atoms. The van der Waals surface area contributed by atoms with Gasteiger partial charge in [0.25, 0.3) is 0 Å². The van der Waals surface area contributed by atoms with E-state index in [4.69, 9.17) is 5.11 Å². The number of rotatable bonds is 2. The Bertz CT molecular complexity index is 312. The molecule has 0 spiro atoms. The fraction of sp³-hybridized carbons (Fsp3) is 0.375. The van der Waals surface area contributed by atoms with Crippen molar-refractivity contribution in [1.82, 2.24) is 9.97 Å². The average molecular weight is 182 g/mol. The van der Waals surface area contributed by atoms with Crippen molar-refractivity contribution in [3.05, 3.63) is 23.3 Å². The van der Waals surface area contributed by atoms with Gasteiger partial charge in [0.1, 0.15) is 5.82 Å². The van der Waals surface area contributed by atoms with Gasteiger partial charge in [0.2, 0.25) is 0 Å². The molecule has 0 bridgehead atoms. The number of hydrogen-bond acceptors (Lipinski definition) is 3. The van der Waals surface area contributed by atoms with Crippen molar-refractivity contribution in [2.75, 3.05) is 0 Å². The zero-order chi connectivity index (χ0) is 9.14. The lowest BCUT2D eigenvalue weighted by Gasteiger charge is -2.03. The highest BCUT2D eigenvalue weighted by molar-refractivity contribution is 7.80. The van der Waals surface area contributed by atoms with E-state index in [1.165, 1.54) is 0 Å². The van der Waals surface area contributed by atoms with Crippen LogP contribution in [-0.2, 0) is 6.42 Å². The van der Waals surface area contributed by atoms with Gasteiger partial charge < -0.3 is 5.11 Å². The zero-order valence-corrected chi connectivity index (χ0v) is 7.85. The molecule has 0 aliphatic carbocycles. The summed E-state index contributed by atoms with van der Waals surface area (Å²) in [7, 11) is 0. The van der Waals surface area contributed by atoms with Crippen LogP contribution < -0.4 is 0 Å². The molecule has 3 nitrogen and oxygen atoms in total. The van der Waals surface area contributed by atoms with E-state index in [1.54, 1.807) is 6.20 Å². The van der Waals surface area contributed by atoms with E-state index >= 15 is 0 Å². The van der Waals surface area contributed by atoms with E-state index in [9.17, 15) is 0 Å². The second-order valence-corrected chi connectivity index (χ2v) is 2.82. The smallest absolute Gasteiger partial charge is 0.192 e. The number of hydrogen-bond donors (Lipinski definition) is 1. The third kappa shape index (κ3) is 1.76. The molecule has 0 saturated carbocycles. The largest absolute Gasteiger partial charge is 0.498 e. The number of aliphatic hydroxyl groups excluding tert-OH is 1. The summed E-state index contributed by atoms with van der Waals surface area (Å²) in [5.74, 6) is 0.701. The van der Waals surface area contributed by atoms with Gasteiger partial charge in [-0.15, -0.1) is 0 Å². The number of aryl methyl sites for hydroxylation is 2. The fourth-order valence-corrected chi connectivity index (χ4v) is 1.14. The van der Waals surface area contributed by atoms with E-state index in [2.05, 4.69) is 22.2 Å². The quantitative estimate of drug-likeness (QED) is 0.705. The van der Waals surface area contributed by atoms with Gasteiger partial charge >= 0.3 is 0 Å². The highest BCUT2D eigenvalue weighted by Crippen LogP contribution is 2.06. The van der Waals surface area contributed by atoms with Crippen LogP contribution in [0.2, 0.25) is 0 Å². The predicted octanol–water partition coefficient (Wildman–Crippen LogP) is 1.58. The van der Waals surface area contributed by atoms with Gasteiger partial charge in [-0.2, -0.15) is 0 Å². The maximum atomic E-state index is 9.08. The van der Waals surface area contributed by atoms with E-state index in [0.29, 0.717) is 11.4 Å². The molecular formula is C8H10N2OS. The van der Waals surface area contributed by atoms with Crippen molar-refractivity contribution >= 4 is 17.3 Å². The Morgan fingerprint density at radius 3 is 2.83 bits per heavy atom. The standard InChI is InChI=1S/C8H10N2OS/c1-3-7-6(8(11)12)4-9-5(2)10-7/h4H,3H2,1-2H3,(H,11,12). The summed E-state index contributed by atoms with van der Waals surface area (Å²) in [4.78, 5) is 8.10. The first-order chi connectivity index (χ1) is 5.65. The zero-order valence-electron chi connectivity index (χ0n) is 7.03. The second kappa shape index (κ2) is 3.58. The lowest BCUT2D eigenvalue weighted by Crippen LogP contribution is -2.05. The summed E-state index contributed by atoms with van der Waals surface area (Å²) in [6.07, 6.45) is 2.31. The molecule has 1 rings (SSSR count). The van der Waals surface area contributed by atoms with Crippen LogP contribution in [0.4, 0.5) is 0 Å². The van der Waals surface area contributed by atoms with Gasteiger partial charge in [0, 0.05) is 6.20 Å². The summed E-state index contributed by atoms with van der Waals surface area (Å²) in [6, 6.07) is 0. The van der Waals surface area contributed by atoms with Crippen LogP contribution in [0.3, 0.4) is 0 Å². The van der Waals surface area contributed by atoms with Crippen LogP contribution in [0.15, 0.2) is 6.20 Å². The van der Waals surface area contributed by atoms with Gasteiger partial charge in [0.15, 0.2) is 5.05 Å². The topological polar surface area (TPSA) is 46.0 Å². The van der Waals surface area contributed by atoms with Crippen molar-refractivity contribution in [2.45, 2.75) is 20.3 Å². The van der Waals surface area contributed by atoms with Crippen molar-refractivity contribution in [3.63, 3.8) is 0 Å². The fourth-order valence-electron chi connectivity index (χ4n) is 0.965. The lowest BCUT2D eigenvalue weighted by atomic mass is 10.2. The Kier molecular flexibility index (Phi) is 2.70. The lowest BCUT2D eigenvalue weighted by molar-refractivity contribution is 0.569. The summed E-state index contributed by atoms with van der Waals surface area (Å²) >= 11 is 4.63. The molecule has 0 amide bonds. The van der Waals surface area contributed by atoms with Crippen LogP contribution in [0.5, 0.6) is 0 Å². The normalized spacial score (nSPS) is 9.83. The number of aliphatic hydroxyl groups is 1. The van der Waals surface area contributed by atoms with Crippen molar-refractivity contribution in [1.29, 1.82) is 0 Å². The van der Waals surface area contributed by atoms with E-state index < -0.39 is 0 Å². The molecule has 1 N–H and O–H groups in total. The van der Waals surface area contributed by atoms with Crippen LogP contribution in [0, 0.1) is 6.92 Å².